The molecule has 0 spiro atoms. The zero-order valence-electron chi connectivity index (χ0n) is 11.8. The first-order valence-corrected chi connectivity index (χ1v) is 9.52. The molecule has 8 heteroatoms. The molecule has 0 saturated heterocycles. The van der Waals surface area contributed by atoms with Gasteiger partial charge >= 0.3 is 0 Å². The van der Waals surface area contributed by atoms with Gasteiger partial charge in [0.25, 0.3) is 0 Å². The van der Waals surface area contributed by atoms with Crippen molar-refractivity contribution in [1.29, 1.82) is 0 Å². The lowest BCUT2D eigenvalue weighted by Crippen LogP contribution is -2.29. The molecule has 0 aliphatic heterocycles. The maximum Gasteiger partial charge on any atom is 0.244 e. The summed E-state index contributed by atoms with van der Waals surface area (Å²) in [6.07, 6.45) is 2.42. The Kier molecular flexibility index (Phi) is 7.11. The number of rotatable bonds is 9. The number of pyridine rings is 1. The molecule has 1 aromatic rings. The zero-order valence-corrected chi connectivity index (χ0v) is 13.4. The van der Waals surface area contributed by atoms with Crippen molar-refractivity contribution in [3.8, 4) is 0 Å². The molecule has 1 atom stereocenters. The summed E-state index contributed by atoms with van der Waals surface area (Å²) in [6, 6.07) is 3.08. The molecule has 0 radical (unpaired) electrons. The van der Waals surface area contributed by atoms with Crippen molar-refractivity contribution >= 4 is 26.6 Å². The largest absolute Gasteiger partial charge is 0.369 e. The van der Waals surface area contributed by atoms with E-state index >= 15 is 0 Å². The van der Waals surface area contributed by atoms with Crippen LogP contribution in [0.15, 0.2) is 23.2 Å². The quantitative estimate of drug-likeness (QED) is 0.707. The predicted octanol–water partition coefficient (Wildman–Crippen LogP) is 0.950. The van der Waals surface area contributed by atoms with Crippen molar-refractivity contribution in [2.45, 2.75) is 25.2 Å². The summed E-state index contributed by atoms with van der Waals surface area (Å²) >= 11 is 0. The third-order valence-electron chi connectivity index (χ3n) is 2.55. The van der Waals surface area contributed by atoms with Gasteiger partial charge in [-0.15, -0.1) is 0 Å². The molecule has 1 rings (SSSR count). The van der Waals surface area contributed by atoms with E-state index in [9.17, 15) is 12.6 Å². The molecule has 0 saturated carbocycles. The molecule has 0 fully saturated rings. The van der Waals surface area contributed by atoms with Crippen LogP contribution in [-0.2, 0) is 20.8 Å². The van der Waals surface area contributed by atoms with Gasteiger partial charge in [0.1, 0.15) is 10.7 Å². The smallest absolute Gasteiger partial charge is 0.244 e. The molecule has 0 aromatic carbocycles. The van der Waals surface area contributed by atoms with Gasteiger partial charge in [0, 0.05) is 41.6 Å². The first kappa shape index (κ1) is 17.1. The number of hydrogen-bond acceptors (Lipinski definition) is 5. The standard InChI is InChI=1S/C12H21N3O3S2/c1-3-7-13-12-11(6-5-8-14-12)20(17,18)15-9-10-19(16)4-2/h5-6,8,15H,3-4,7,9-10H2,1-2H3,(H,13,14). The van der Waals surface area contributed by atoms with Gasteiger partial charge in [0.2, 0.25) is 10.0 Å². The maximum absolute atomic E-state index is 12.2. The van der Waals surface area contributed by atoms with Gasteiger partial charge in [-0.05, 0) is 18.6 Å². The highest BCUT2D eigenvalue weighted by Gasteiger charge is 2.18. The van der Waals surface area contributed by atoms with E-state index in [0.717, 1.165) is 6.42 Å². The van der Waals surface area contributed by atoms with Crippen LogP contribution >= 0.6 is 0 Å². The van der Waals surface area contributed by atoms with Gasteiger partial charge in [-0.25, -0.2) is 18.1 Å². The summed E-state index contributed by atoms with van der Waals surface area (Å²) < 4.78 is 38.1. The van der Waals surface area contributed by atoms with Crippen LogP contribution in [-0.4, -0.2) is 42.2 Å². The van der Waals surface area contributed by atoms with Crippen LogP contribution in [0, 0.1) is 0 Å². The maximum atomic E-state index is 12.2. The highest BCUT2D eigenvalue weighted by molar-refractivity contribution is 7.89. The van der Waals surface area contributed by atoms with E-state index in [1.54, 1.807) is 19.2 Å². The van der Waals surface area contributed by atoms with Gasteiger partial charge in [0.15, 0.2) is 0 Å². The lowest BCUT2D eigenvalue weighted by Gasteiger charge is -2.11. The summed E-state index contributed by atoms with van der Waals surface area (Å²) in [6.45, 7) is 4.60. The van der Waals surface area contributed by atoms with Crippen molar-refractivity contribution < 1.29 is 12.6 Å². The molecule has 0 aliphatic carbocycles. The summed E-state index contributed by atoms with van der Waals surface area (Å²) in [5.41, 5.74) is 0. The minimum Gasteiger partial charge on any atom is -0.369 e. The monoisotopic (exact) mass is 319 g/mol. The molecule has 1 aromatic heterocycles. The molecule has 1 heterocycles. The Bertz CT molecular complexity index is 547. The second kappa shape index (κ2) is 8.33. The summed E-state index contributed by atoms with van der Waals surface area (Å²) in [4.78, 5) is 4.17. The lowest BCUT2D eigenvalue weighted by atomic mass is 10.4. The van der Waals surface area contributed by atoms with E-state index in [0.29, 0.717) is 23.9 Å². The number of aromatic nitrogens is 1. The number of sulfonamides is 1. The van der Waals surface area contributed by atoms with E-state index in [1.807, 2.05) is 6.92 Å². The number of nitrogens with zero attached hydrogens (tertiary/aromatic N) is 1. The van der Waals surface area contributed by atoms with Crippen molar-refractivity contribution in [3.63, 3.8) is 0 Å². The molecule has 0 aliphatic rings. The topological polar surface area (TPSA) is 88.2 Å². The van der Waals surface area contributed by atoms with Crippen LogP contribution in [0.25, 0.3) is 0 Å². The molecule has 114 valence electrons. The summed E-state index contributed by atoms with van der Waals surface area (Å²) in [5.74, 6) is 1.18. The third-order valence-corrected chi connectivity index (χ3v) is 5.34. The van der Waals surface area contributed by atoms with Crippen LogP contribution in [0.4, 0.5) is 5.82 Å². The second-order valence-electron chi connectivity index (χ2n) is 4.11. The van der Waals surface area contributed by atoms with Crippen LogP contribution in [0.3, 0.4) is 0 Å². The van der Waals surface area contributed by atoms with Crippen molar-refractivity contribution in [2.75, 3.05) is 29.9 Å². The van der Waals surface area contributed by atoms with E-state index in [1.165, 1.54) is 6.07 Å². The number of nitrogens with one attached hydrogen (secondary N) is 2. The normalized spacial score (nSPS) is 13.1. The third kappa shape index (κ3) is 5.18. The molecule has 2 N–H and O–H groups in total. The fraction of sp³-hybridized carbons (Fsp3) is 0.583. The summed E-state index contributed by atoms with van der Waals surface area (Å²) in [5, 5.41) is 2.99. The molecule has 0 bridgehead atoms. The fourth-order valence-electron chi connectivity index (χ4n) is 1.50. The Morgan fingerprint density at radius 1 is 1.30 bits per heavy atom. The van der Waals surface area contributed by atoms with E-state index < -0.39 is 20.8 Å². The van der Waals surface area contributed by atoms with Crippen LogP contribution in [0.5, 0.6) is 0 Å². The van der Waals surface area contributed by atoms with Crippen molar-refractivity contribution in [2.24, 2.45) is 0 Å². The predicted molar refractivity (Wildman–Crippen MR) is 81.8 cm³/mol. The molecule has 20 heavy (non-hydrogen) atoms. The Balaban J connectivity index is 2.78. The highest BCUT2D eigenvalue weighted by Crippen LogP contribution is 2.17. The molecule has 6 nitrogen and oxygen atoms in total. The van der Waals surface area contributed by atoms with Gasteiger partial charge < -0.3 is 5.32 Å². The van der Waals surface area contributed by atoms with Gasteiger partial charge in [-0.3, -0.25) is 4.21 Å². The van der Waals surface area contributed by atoms with Gasteiger partial charge in [-0.2, -0.15) is 0 Å². The van der Waals surface area contributed by atoms with E-state index in [4.69, 9.17) is 0 Å². The van der Waals surface area contributed by atoms with Crippen LogP contribution < -0.4 is 10.0 Å². The first-order chi connectivity index (χ1) is 9.51. The lowest BCUT2D eigenvalue weighted by molar-refractivity contribution is 0.584. The fourth-order valence-corrected chi connectivity index (χ4v) is 3.41. The van der Waals surface area contributed by atoms with Crippen molar-refractivity contribution in [1.82, 2.24) is 9.71 Å². The molecule has 1 unspecified atom stereocenters. The first-order valence-electron chi connectivity index (χ1n) is 6.54. The average molecular weight is 319 g/mol. The van der Waals surface area contributed by atoms with E-state index in [-0.39, 0.29) is 11.4 Å². The Morgan fingerprint density at radius 2 is 2.05 bits per heavy atom. The minimum atomic E-state index is -3.63. The number of anilines is 1. The van der Waals surface area contributed by atoms with Gasteiger partial charge in [0.05, 0.1) is 0 Å². The SMILES string of the molecule is CCCNc1ncccc1S(=O)(=O)NCCS(=O)CC. The van der Waals surface area contributed by atoms with Crippen molar-refractivity contribution in [3.05, 3.63) is 18.3 Å². The Morgan fingerprint density at radius 3 is 2.70 bits per heavy atom. The number of hydrogen-bond donors (Lipinski definition) is 2. The molecular formula is C12H21N3O3S2. The molecule has 0 amide bonds. The zero-order chi connectivity index (χ0) is 15.0. The van der Waals surface area contributed by atoms with Crippen LogP contribution in [0.1, 0.15) is 20.3 Å². The van der Waals surface area contributed by atoms with Gasteiger partial charge in [-0.1, -0.05) is 13.8 Å². The molecular weight excluding hydrogens is 298 g/mol. The van der Waals surface area contributed by atoms with Crippen LogP contribution in [0.2, 0.25) is 0 Å². The highest BCUT2D eigenvalue weighted by atomic mass is 32.2. The van der Waals surface area contributed by atoms with E-state index in [2.05, 4.69) is 15.0 Å². The summed E-state index contributed by atoms with van der Waals surface area (Å²) in [7, 11) is -4.62. The average Bonchev–Trinajstić information content (AvgIpc) is 2.45. The second-order valence-corrected chi connectivity index (χ2v) is 7.71. The Labute approximate surface area is 122 Å². The minimum absolute atomic E-state index is 0.121. The Hall–Kier alpha value is -0.990.